The Morgan fingerprint density at radius 2 is 2.12 bits per heavy atom. The van der Waals surface area contributed by atoms with E-state index >= 15 is 0 Å². The molecule has 0 bridgehead atoms. The fourth-order valence-corrected chi connectivity index (χ4v) is 2.92. The van der Waals surface area contributed by atoms with Crippen LogP contribution in [0.2, 0.25) is 0 Å². The van der Waals surface area contributed by atoms with E-state index in [4.69, 9.17) is 4.74 Å². The van der Waals surface area contributed by atoms with E-state index in [9.17, 15) is 9.59 Å². The summed E-state index contributed by atoms with van der Waals surface area (Å²) >= 11 is 1.50. The molecule has 7 nitrogen and oxygen atoms in total. The third-order valence-corrected chi connectivity index (χ3v) is 4.12. The maximum atomic E-state index is 12.2. The van der Waals surface area contributed by atoms with E-state index in [1.165, 1.54) is 25.4 Å². The molecule has 0 saturated carbocycles. The second-order valence-electron chi connectivity index (χ2n) is 5.03. The number of nitrogens with zero attached hydrogens (tertiary/aromatic N) is 1. The molecule has 128 valence electrons. The van der Waals surface area contributed by atoms with Crippen LogP contribution >= 0.6 is 11.3 Å². The fourth-order valence-electron chi connectivity index (χ4n) is 2.14. The molecule has 0 fully saturated rings. The van der Waals surface area contributed by atoms with Gasteiger partial charge in [-0.3, -0.25) is 4.79 Å². The first-order chi connectivity index (χ1) is 11.5. The van der Waals surface area contributed by atoms with Gasteiger partial charge in [0.2, 0.25) is 5.91 Å². The summed E-state index contributed by atoms with van der Waals surface area (Å²) in [7, 11) is 1.51. The van der Waals surface area contributed by atoms with Gasteiger partial charge in [0, 0.05) is 24.2 Å². The molecule has 8 heteroatoms. The number of benzene rings is 1. The highest BCUT2D eigenvalue weighted by Crippen LogP contribution is 2.28. The van der Waals surface area contributed by atoms with E-state index in [0.717, 1.165) is 11.4 Å². The number of hydrogen-bond acceptors (Lipinski definition) is 5. The average Bonchev–Trinajstić information content (AvgIpc) is 3.06. The van der Waals surface area contributed by atoms with Crippen molar-refractivity contribution in [1.82, 2.24) is 10.3 Å². The smallest absolute Gasteiger partial charge is 0.319 e. The zero-order chi connectivity index (χ0) is 17.5. The van der Waals surface area contributed by atoms with Gasteiger partial charge in [0.1, 0.15) is 10.8 Å². The molecule has 0 aliphatic heterocycles. The van der Waals surface area contributed by atoms with E-state index in [1.807, 2.05) is 12.3 Å². The number of carbonyl (C=O) groups is 2. The van der Waals surface area contributed by atoms with Crippen LogP contribution in [0.15, 0.2) is 29.8 Å². The SMILES string of the molecule is CCC(NC(=O)Nc1ccc(OC)c(NC(C)=O)c1)c1nccs1. The number of urea groups is 1. The Kier molecular flexibility index (Phi) is 6.14. The Morgan fingerprint density at radius 1 is 1.33 bits per heavy atom. The molecule has 0 radical (unpaired) electrons. The van der Waals surface area contributed by atoms with E-state index in [1.54, 1.807) is 24.4 Å². The summed E-state index contributed by atoms with van der Waals surface area (Å²) in [5.74, 6) is 0.301. The zero-order valence-corrected chi connectivity index (χ0v) is 14.6. The van der Waals surface area contributed by atoms with Crippen molar-refractivity contribution >= 4 is 34.6 Å². The number of methoxy groups -OCH3 is 1. The Bertz CT molecular complexity index is 703. The molecule has 0 spiro atoms. The van der Waals surface area contributed by atoms with Gasteiger partial charge in [-0.2, -0.15) is 0 Å². The fraction of sp³-hybridized carbons (Fsp3) is 0.312. The van der Waals surface area contributed by atoms with Gasteiger partial charge in [-0.05, 0) is 24.6 Å². The van der Waals surface area contributed by atoms with Crippen molar-refractivity contribution in [2.75, 3.05) is 17.7 Å². The molecule has 1 aromatic heterocycles. The van der Waals surface area contributed by atoms with Gasteiger partial charge in [-0.15, -0.1) is 11.3 Å². The molecule has 3 N–H and O–H groups in total. The Balaban J connectivity index is 2.06. The van der Waals surface area contributed by atoms with Gasteiger partial charge in [0.15, 0.2) is 0 Å². The van der Waals surface area contributed by atoms with E-state index in [-0.39, 0.29) is 18.0 Å². The number of amides is 3. The van der Waals surface area contributed by atoms with Crippen LogP contribution in [-0.2, 0) is 4.79 Å². The summed E-state index contributed by atoms with van der Waals surface area (Å²) in [6.07, 6.45) is 2.45. The summed E-state index contributed by atoms with van der Waals surface area (Å²) in [6.45, 7) is 3.39. The lowest BCUT2D eigenvalue weighted by Crippen LogP contribution is -2.32. The van der Waals surface area contributed by atoms with Gasteiger partial charge < -0.3 is 20.7 Å². The highest BCUT2D eigenvalue weighted by molar-refractivity contribution is 7.09. The molecule has 1 heterocycles. The highest BCUT2D eigenvalue weighted by Gasteiger charge is 2.15. The third kappa shape index (κ3) is 4.69. The quantitative estimate of drug-likeness (QED) is 0.746. The zero-order valence-electron chi connectivity index (χ0n) is 13.8. The van der Waals surface area contributed by atoms with Crippen molar-refractivity contribution in [3.05, 3.63) is 34.8 Å². The predicted octanol–water partition coefficient (Wildman–Crippen LogP) is 3.38. The van der Waals surface area contributed by atoms with Crippen LogP contribution in [-0.4, -0.2) is 24.0 Å². The van der Waals surface area contributed by atoms with Crippen LogP contribution in [0.3, 0.4) is 0 Å². The number of ether oxygens (including phenoxy) is 1. The van der Waals surface area contributed by atoms with Crippen molar-refractivity contribution in [1.29, 1.82) is 0 Å². The van der Waals surface area contributed by atoms with Crippen molar-refractivity contribution in [2.24, 2.45) is 0 Å². The minimum Gasteiger partial charge on any atom is -0.495 e. The number of thiazole rings is 1. The molecule has 0 aliphatic carbocycles. The van der Waals surface area contributed by atoms with Gasteiger partial charge in [0.05, 0.1) is 18.8 Å². The third-order valence-electron chi connectivity index (χ3n) is 3.23. The van der Waals surface area contributed by atoms with E-state index in [0.29, 0.717) is 17.1 Å². The molecule has 2 aromatic rings. The molecule has 0 saturated heterocycles. The minimum atomic E-state index is -0.337. The predicted molar refractivity (Wildman–Crippen MR) is 94.6 cm³/mol. The second kappa shape index (κ2) is 8.30. The molecular weight excluding hydrogens is 328 g/mol. The summed E-state index contributed by atoms with van der Waals surface area (Å²) in [4.78, 5) is 27.7. The van der Waals surface area contributed by atoms with Crippen LogP contribution in [0.4, 0.5) is 16.2 Å². The molecule has 1 aromatic carbocycles. The van der Waals surface area contributed by atoms with Crippen LogP contribution < -0.4 is 20.7 Å². The second-order valence-corrected chi connectivity index (χ2v) is 5.95. The van der Waals surface area contributed by atoms with Gasteiger partial charge in [-0.1, -0.05) is 6.92 Å². The van der Waals surface area contributed by atoms with Crippen LogP contribution in [0.1, 0.15) is 31.3 Å². The summed E-state index contributed by atoms with van der Waals surface area (Å²) < 4.78 is 5.19. The van der Waals surface area contributed by atoms with E-state index < -0.39 is 0 Å². The van der Waals surface area contributed by atoms with E-state index in [2.05, 4.69) is 20.9 Å². The maximum Gasteiger partial charge on any atom is 0.319 e. The molecule has 1 atom stereocenters. The lowest BCUT2D eigenvalue weighted by Gasteiger charge is -2.16. The van der Waals surface area contributed by atoms with Crippen molar-refractivity contribution in [3.63, 3.8) is 0 Å². The van der Waals surface area contributed by atoms with Crippen molar-refractivity contribution < 1.29 is 14.3 Å². The molecule has 3 amide bonds. The summed E-state index contributed by atoms with van der Waals surface area (Å²) in [5, 5.41) is 11.0. The number of carbonyl (C=O) groups excluding carboxylic acids is 2. The standard InChI is InChI=1S/C16H20N4O3S/c1-4-12(15-17-7-8-24-15)20-16(22)19-11-5-6-14(23-3)13(9-11)18-10(2)21/h5-9,12H,4H2,1-3H3,(H,18,21)(H2,19,20,22). The Labute approximate surface area is 144 Å². The first kappa shape index (κ1) is 17.7. The first-order valence-electron chi connectivity index (χ1n) is 7.46. The van der Waals surface area contributed by atoms with Gasteiger partial charge >= 0.3 is 6.03 Å². The number of aromatic nitrogens is 1. The van der Waals surface area contributed by atoms with Crippen LogP contribution in [0, 0.1) is 0 Å². The van der Waals surface area contributed by atoms with Gasteiger partial charge in [0.25, 0.3) is 0 Å². The normalized spacial score (nSPS) is 11.5. The topological polar surface area (TPSA) is 92.4 Å². The molecule has 24 heavy (non-hydrogen) atoms. The lowest BCUT2D eigenvalue weighted by atomic mass is 10.2. The Morgan fingerprint density at radius 3 is 2.71 bits per heavy atom. The van der Waals surface area contributed by atoms with Gasteiger partial charge in [-0.25, -0.2) is 9.78 Å². The summed E-state index contributed by atoms with van der Waals surface area (Å²) in [5.41, 5.74) is 1.04. The monoisotopic (exact) mass is 348 g/mol. The summed E-state index contributed by atoms with van der Waals surface area (Å²) in [6, 6.07) is 4.55. The Hall–Kier alpha value is -2.61. The molecule has 0 aliphatic rings. The number of hydrogen-bond donors (Lipinski definition) is 3. The molecular formula is C16H20N4O3S. The van der Waals surface area contributed by atoms with Crippen molar-refractivity contribution in [2.45, 2.75) is 26.3 Å². The largest absolute Gasteiger partial charge is 0.495 e. The maximum absolute atomic E-state index is 12.2. The molecule has 2 rings (SSSR count). The number of nitrogens with one attached hydrogen (secondary N) is 3. The average molecular weight is 348 g/mol. The minimum absolute atomic E-state index is 0.141. The lowest BCUT2D eigenvalue weighted by molar-refractivity contribution is -0.114. The van der Waals surface area contributed by atoms with Crippen LogP contribution in [0.25, 0.3) is 0 Å². The highest BCUT2D eigenvalue weighted by atomic mass is 32.1. The first-order valence-corrected chi connectivity index (χ1v) is 8.34. The number of anilines is 2. The van der Waals surface area contributed by atoms with Crippen molar-refractivity contribution in [3.8, 4) is 5.75 Å². The number of rotatable bonds is 6. The van der Waals surface area contributed by atoms with Crippen LogP contribution in [0.5, 0.6) is 5.75 Å². The molecule has 1 unspecified atom stereocenters.